The molecule has 0 heterocycles. The van der Waals surface area contributed by atoms with Crippen molar-refractivity contribution < 1.29 is 4.79 Å². The van der Waals surface area contributed by atoms with Crippen LogP contribution in [0, 0.1) is 5.41 Å². The molecular formula is C10H13ClO. The summed E-state index contributed by atoms with van der Waals surface area (Å²) < 4.78 is 0. The molecule has 0 spiro atoms. The van der Waals surface area contributed by atoms with Gasteiger partial charge in [0.25, 0.3) is 0 Å². The average molecular weight is 185 g/mol. The van der Waals surface area contributed by atoms with Gasteiger partial charge in [0.2, 0.25) is 5.24 Å². The molecule has 0 N–H and O–H groups in total. The Bertz CT molecular complexity index is 272. The third-order valence-corrected chi connectivity index (χ3v) is 2.40. The Morgan fingerprint density at radius 2 is 2.08 bits per heavy atom. The molecule has 1 aliphatic carbocycles. The van der Waals surface area contributed by atoms with Gasteiger partial charge in [0.1, 0.15) is 0 Å². The van der Waals surface area contributed by atoms with Gasteiger partial charge in [0.15, 0.2) is 0 Å². The van der Waals surface area contributed by atoms with Gasteiger partial charge in [0.05, 0.1) is 0 Å². The van der Waals surface area contributed by atoms with E-state index in [-0.39, 0.29) is 10.7 Å². The maximum Gasteiger partial charge on any atom is 0.248 e. The Morgan fingerprint density at radius 3 is 2.50 bits per heavy atom. The van der Waals surface area contributed by atoms with Crippen LogP contribution in [-0.2, 0) is 4.79 Å². The molecule has 0 amide bonds. The molecule has 1 nitrogen and oxygen atoms in total. The van der Waals surface area contributed by atoms with Gasteiger partial charge in [-0.1, -0.05) is 31.6 Å². The van der Waals surface area contributed by atoms with Crippen LogP contribution in [0.3, 0.4) is 0 Å². The van der Waals surface area contributed by atoms with Gasteiger partial charge in [0, 0.05) is 5.57 Å². The summed E-state index contributed by atoms with van der Waals surface area (Å²) in [5.41, 5.74) is 1.91. The molecule has 0 saturated heterocycles. The fourth-order valence-corrected chi connectivity index (χ4v) is 1.95. The summed E-state index contributed by atoms with van der Waals surface area (Å²) in [5, 5.41) is -0.330. The first-order valence-electron chi connectivity index (χ1n) is 4.01. The van der Waals surface area contributed by atoms with E-state index in [4.69, 9.17) is 11.6 Å². The van der Waals surface area contributed by atoms with Crippen molar-refractivity contribution in [2.45, 2.75) is 27.2 Å². The van der Waals surface area contributed by atoms with Crippen molar-refractivity contribution in [2.24, 2.45) is 5.41 Å². The van der Waals surface area contributed by atoms with E-state index in [2.05, 4.69) is 6.92 Å². The highest BCUT2D eigenvalue weighted by atomic mass is 35.5. The summed E-state index contributed by atoms with van der Waals surface area (Å²) in [4.78, 5) is 11.0. The second-order valence-electron chi connectivity index (χ2n) is 3.93. The van der Waals surface area contributed by atoms with Crippen LogP contribution in [0.2, 0.25) is 0 Å². The zero-order valence-electron chi connectivity index (χ0n) is 7.65. The molecule has 0 unspecified atom stereocenters. The number of hydrogen-bond acceptors (Lipinski definition) is 1. The van der Waals surface area contributed by atoms with Gasteiger partial charge in [-0.15, -0.1) is 0 Å². The van der Waals surface area contributed by atoms with Crippen LogP contribution in [0.4, 0.5) is 0 Å². The second-order valence-corrected chi connectivity index (χ2v) is 4.27. The predicted molar refractivity (Wildman–Crippen MR) is 51.1 cm³/mol. The monoisotopic (exact) mass is 184 g/mol. The van der Waals surface area contributed by atoms with Crippen LogP contribution < -0.4 is 0 Å². The minimum atomic E-state index is -0.330. The van der Waals surface area contributed by atoms with E-state index in [1.54, 1.807) is 0 Å². The fraction of sp³-hybridized carbons (Fsp3) is 0.500. The van der Waals surface area contributed by atoms with E-state index >= 15 is 0 Å². The van der Waals surface area contributed by atoms with E-state index in [0.29, 0.717) is 0 Å². The van der Waals surface area contributed by atoms with Crippen molar-refractivity contribution in [1.82, 2.24) is 0 Å². The van der Waals surface area contributed by atoms with Crippen LogP contribution in [-0.4, -0.2) is 5.24 Å². The van der Waals surface area contributed by atoms with Gasteiger partial charge in [-0.3, -0.25) is 4.79 Å². The van der Waals surface area contributed by atoms with Crippen molar-refractivity contribution in [1.29, 1.82) is 0 Å². The number of rotatable bonds is 1. The molecule has 1 rings (SSSR count). The molecule has 0 aromatic rings. The lowest BCUT2D eigenvalue weighted by Gasteiger charge is -2.28. The molecule has 2 heteroatoms. The number of halogens is 1. The largest absolute Gasteiger partial charge is 0.276 e. The minimum absolute atomic E-state index is 0.0995. The lowest BCUT2D eigenvalue weighted by atomic mass is 9.76. The van der Waals surface area contributed by atoms with E-state index in [9.17, 15) is 4.79 Å². The van der Waals surface area contributed by atoms with Gasteiger partial charge < -0.3 is 0 Å². The lowest BCUT2D eigenvalue weighted by Crippen LogP contribution is -2.21. The van der Waals surface area contributed by atoms with E-state index < -0.39 is 0 Å². The zero-order chi connectivity index (χ0) is 9.35. The summed E-state index contributed by atoms with van der Waals surface area (Å²) in [5.74, 6) is 0. The number of hydrogen-bond donors (Lipinski definition) is 0. The van der Waals surface area contributed by atoms with E-state index in [0.717, 1.165) is 12.0 Å². The molecule has 0 bridgehead atoms. The summed E-state index contributed by atoms with van der Waals surface area (Å²) in [6.07, 6.45) is 4.70. The Hall–Kier alpha value is -0.560. The third kappa shape index (κ3) is 1.78. The SMILES string of the molecule is CC1=CC=C(C(=O)Cl)C(C)(C)C1. The van der Waals surface area contributed by atoms with Gasteiger partial charge in [-0.25, -0.2) is 0 Å². The average Bonchev–Trinajstić information content (AvgIpc) is 1.82. The summed E-state index contributed by atoms with van der Waals surface area (Å²) in [6, 6.07) is 0. The van der Waals surface area contributed by atoms with Crippen molar-refractivity contribution in [2.75, 3.05) is 0 Å². The van der Waals surface area contributed by atoms with Crippen LogP contribution >= 0.6 is 11.6 Å². The minimum Gasteiger partial charge on any atom is -0.276 e. The Labute approximate surface area is 78.1 Å². The topological polar surface area (TPSA) is 17.1 Å². The van der Waals surface area contributed by atoms with Crippen LogP contribution in [0.15, 0.2) is 23.3 Å². The maximum atomic E-state index is 11.0. The zero-order valence-corrected chi connectivity index (χ0v) is 8.40. The molecule has 0 atom stereocenters. The highest BCUT2D eigenvalue weighted by molar-refractivity contribution is 6.67. The first-order valence-corrected chi connectivity index (χ1v) is 4.39. The second kappa shape index (κ2) is 3.06. The van der Waals surface area contributed by atoms with Crippen LogP contribution in [0.25, 0.3) is 0 Å². The van der Waals surface area contributed by atoms with E-state index in [1.165, 1.54) is 5.57 Å². The fourth-order valence-electron chi connectivity index (χ4n) is 1.63. The van der Waals surface area contributed by atoms with Gasteiger partial charge in [-0.05, 0) is 30.4 Å². The highest BCUT2D eigenvalue weighted by Crippen LogP contribution is 2.37. The van der Waals surface area contributed by atoms with Crippen LogP contribution in [0.5, 0.6) is 0 Å². The van der Waals surface area contributed by atoms with Gasteiger partial charge in [-0.2, -0.15) is 0 Å². The molecule has 0 aliphatic heterocycles. The molecule has 0 aromatic heterocycles. The maximum absolute atomic E-state index is 11.0. The normalized spacial score (nSPS) is 21.3. The quantitative estimate of drug-likeness (QED) is 0.573. The Balaban J connectivity index is 3.04. The molecule has 1 aliphatic rings. The number of carbonyl (C=O) groups excluding carboxylic acids is 1. The number of carbonyl (C=O) groups is 1. The molecule has 0 fully saturated rings. The summed E-state index contributed by atoms with van der Waals surface area (Å²) in [7, 11) is 0. The highest BCUT2D eigenvalue weighted by Gasteiger charge is 2.29. The van der Waals surface area contributed by atoms with Crippen LogP contribution in [0.1, 0.15) is 27.2 Å². The summed E-state index contributed by atoms with van der Waals surface area (Å²) >= 11 is 5.45. The Morgan fingerprint density at radius 1 is 1.50 bits per heavy atom. The number of allylic oxidation sites excluding steroid dienone is 4. The Kier molecular flexibility index (Phi) is 2.43. The van der Waals surface area contributed by atoms with Crippen molar-refractivity contribution >= 4 is 16.8 Å². The lowest BCUT2D eigenvalue weighted by molar-refractivity contribution is -0.109. The standard InChI is InChI=1S/C10H13ClO/c1-7-4-5-8(9(11)12)10(2,3)6-7/h4-5H,6H2,1-3H3. The smallest absolute Gasteiger partial charge is 0.248 e. The molecule has 12 heavy (non-hydrogen) atoms. The van der Waals surface area contributed by atoms with Crippen molar-refractivity contribution in [3.8, 4) is 0 Å². The predicted octanol–water partition coefficient (Wildman–Crippen LogP) is 3.05. The molecule has 0 saturated carbocycles. The van der Waals surface area contributed by atoms with Gasteiger partial charge >= 0.3 is 0 Å². The molecule has 0 radical (unpaired) electrons. The first-order chi connectivity index (χ1) is 5.43. The first kappa shape index (κ1) is 9.53. The summed E-state index contributed by atoms with van der Waals surface area (Å²) in [6.45, 7) is 6.14. The van der Waals surface area contributed by atoms with Crippen molar-refractivity contribution in [3.63, 3.8) is 0 Å². The third-order valence-electron chi connectivity index (χ3n) is 2.20. The van der Waals surface area contributed by atoms with E-state index in [1.807, 2.05) is 26.0 Å². The molecular weight excluding hydrogens is 172 g/mol. The molecule has 66 valence electrons. The van der Waals surface area contributed by atoms with Crippen molar-refractivity contribution in [3.05, 3.63) is 23.3 Å². The molecule has 0 aromatic carbocycles.